The molecule has 5 aromatic rings. The summed E-state index contributed by atoms with van der Waals surface area (Å²) in [6.07, 6.45) is 0.541. The molecule has 7 heteroatoms. The van der Waals surface area contributed by atoms with E-state index in [2.05, 4.69) is 0 Å². The Bertz CT molecular complexity index is 1670. The van der Waals surface area contributed by atoms with Crippen LogP contribution in [0.3, 0.4) is 0 Å². The van der Waals surface area contributed by atoms with Crippen LogP contribution >= 0.6 is 0 Å². The smallest absolute Gasteiger partial charge is 0.266 e. The number of benzene rings is 4. The normalized spacial score (nSPS) is 11.8. The van der Waals surface area contributed by atoms with Gasteiger partial charge in [0.1, 0.15) is 18.2 Å². The molecule has 1 atom stereocenters. The molecule has 0 N–H and O–H groups in total. The minimum absolute atomic E-state index is 0.0981. The minimum atomic E-state index is -0.498. The summed E-state index contributed by atoms with van der Waals surface area (Å²) in [5, 5.41) is 0.511. The standard InChI is InChI=1S/C35H35N3O4/c1-3-32(37(23-26-13-7-5-8-14-26)33(39)25-41-24-27-15-9-6-10-16-27)34-36-31-18-12-11-17-30(31)35(40)38(34)28-19-21-29(22-20-28)42-4-2/h5-22,32H,3-4,23-25H2,1-2H3. The zero-order chi connectivity index (χ0) is 29.3. The summed E-state index contributed by atoms with van der Waals surface area (Å²) in [6.45, 7) is 5.05. The zero-order valence-corrected chi connectivity index (χ0v) is 24.0. The lowest BCUT2D eigenvalue weighted by Crippen LogP contribution is -2.40. The van der Waals surface area contributed by atoms with E-state index < -0.39 is 6.04 Å². The molecule has 1 amide bonds. The van der Waals surface area contributed by atoms with Crippen LogP contribution < -0.4 is 10.3 Å². The second-order valence-electron chi connectivity index (χ2n) is 9.96. The lowest BCUT2D eigenvalue weighted by molar-refractivity contribution is -0.140. The van der Waals surface area contributed by atoms with E-state index in [1.54, 1.807) is 15.5 Å². The van der Waals surface area contributed by atoms with E-state index in [1.165, 1.54) is 0 Å². The fraction of sp³-hybridized carbons (Fsp3) is 0.229. The van der Waals surface area contributed by atoms with E-state index >= 15 is 0 Å². The Kier molecular flexibility index (Phi) is 9.41. The maximum atomic E-state index is 14.0. The van der Waals surface area contributed by atoms with Gasteiger partial charge >= 0.3 is 0 Å². The monoisotopic (exact) mass is 561 g/mol. The Hall–Kier alpha value is -4.75. The van der Waals surface area contributed by atoms with Crippen LogP contribution in [-0.2, 0) is 22.7 Å². The number of amides is 1. The van der Waals surface area contributed by atoms with Crippen molar-refractivity contribution in [3.63, 3.8) is 0 Å². The van der Waals surface area contributed by atoms with Gasteiger partial charge in [-0.1, -0.05) is 79.7 Å². The van der Waals surface area contributed by atoms with Crippen molar-refractivity contribution < 1.29 is 14.3 Å². The van der Waals surface area contributed by atoms with Crippen LogP contribution in [0.2, 0.25) is 0 Å². The molecule has 5 rings (SSSR count). The molecule has 42 heavy (non-hydrogen) atoms. The van der Waals surface area contributed by atoms with Crippen LogP contribution in [-0.4, -0.2) is 33.6 Å². The highest BCUT2D eigenvalue weighted by molar-refractivity contribution is 5.79. The molecule has 0 aliphatic heterocycles. The number of ether oxygens (including phenoxy) is 2. The number of hydrogen-bond donors (Lipinski definition) is 0. The Morgan fingerprint density at radius 3 is 2.14 bits per heavy atom. The van der Waals surface area contributed by atoms with Gasteiger partial charge in [-0.2, -0.15) is 0 Å². The number of para-hydroxylation sites is 1. The number of rotatable bonds is 12. The van der Waals surface area contributed by atoms with E-state index in [1.807, 2.05) is 117 Å². The van der Waals surface area contributed by atoms with Crippen molar-refractivity contribution in [1.82, 2.24) is 14.5 Å². The zero-order valence-electron chi connectivity index (χ0n) is 24.0. The van der Waals surface area contributed by atoms with E-state index in [0.717, 1.165) is 11.1 Å². The summed E-state index contributed by atoms with van der Waals surface area (Å²) in [5.41, 5.74) is 3.02. The highest BCUT2D eigenvalue weighted by Crippen LogP contribution is 2.28. The maximum Gasteiger partial charge on any atom is 0.266 e. The Morgan fingerprint density at radius 1 is 0.833 bits per heavy atom. The van der Waals surface area contributed by atoms with Crippen LogP contribution in [0.25, 0.3) is 16.6 Å². The predicted molar refractivity (Wildman–Crippen MR) is 165 cm³/mol. The minimum Gasteiger partial charge on any atom is -0.494 e. The summed E-state index contributed by atoms with van der Waals surface area (Å²) in [7, 11) is 0. The largest absolute Gasteiger partial charge is 0.494 e. The molecule has 1 aromatic heterocycles. The molecule has 0 saturated carbocycles. The Morgan fingerprint density at radius 2 is 1.48 bits per heavy atom. The van der Waals surface area contributed by atoms with Crippen LogP contribution in [0, 0.1) is 0 Å². The molecular weight excluding hydrogens is 526 g/mol. The summed E-state index contributed by atoms with van der Waals surface area (Å²) >= 11 is 0. The van der Waals surface area contributed by atoms with Crippen LogP contribution in [0.5, 0.6) is 5.75 Å². The lowest BCUT2D eigenvalue weighted by atomic mass is 10.1. The molecule has 214 valence electrons. The summed E-state index contributed by atoms with van der Waals surface area (Å²) < 4.78 is 13.1. The second-order valence-corrected chi connectivity index (χ2v) is 9.96. The maximum absolute atomic E-state index is 14.0. The molecule has 0 aliphatic carbocycles. The van der Waals surface area contributed by atoms with Crippen molar-refractivity contribution in [2.24, 2.45) is 0 Å². The first-order valence-corrected chi connectivity index (χ1v) is 14.3. The SMILES string of the molecule is CCOc1ccc(-n2c(C(CC)N(Cc3ccccc3)C(=O)COCc3ccccc3)nc3ccccc3c2=O)cc1. The third-order valence-electron chi connectivity index (χ3n) is 7.12. The number of carbonyl (C=O) groups excluding carboxylic acids is 1. The third-order valence-corrected chi connectivity index (χ3v) is 7.12. The molecule has 7 nitrogen and oxygen atoms in total. The fourth-order valence-corrected chi connectivity index (χ4v) is 5.09. The van der Waals surface area contributed by atoms with Crippen molar-refractivity contribution in [2.45, 2.75) is 39.5 Å². The van der Waals surface area contributed by atoms with Gasteiger partial charge in [-0.25, -0.2) is 4.98 Å². The summed E-state index contributed by atoms with van der Waals surface area (Å²) in [4.78, 5) is 34.7. The second kappa shape index (κ2) is 13.7. The first kappa shape index (κ1) is 28.8. The van der Waals surface area contributed by atoms with E-state index in [0.29, 0.717) is 54.3 Å². The van der Waals surface area contributed by atoms with Crippen molar-refractivity contribution in [3.8, 4) is 11.4 Å². The molecule has 0 bridgehead atoms. The number of aromatic nitrogens is 2. The highest BCUT2D eigenvalue weighted by atomic mass is 16.5. The first-order valence-electron chi connectivity index (χ1n) is 14.3. The van der Waals surface area contributed by atoms with Crippen molar-refractivity contribution in [3.05, 3.63) is 136 Å². The summed E-state index contributed by atoms with van der Waals surface area (Å²) in [5.74, 6) is 1.04. The lowest BCUT2D eigenvalue weighted by Gasteiger charge is -2.32. The first-order chi connectivity index (χ1) is 20.6. The average Bonchev–Trinajstić information content (AvgIpc) is 3.03. The molecule has 0 spiro atoms. The van der Waals surface area contributed by atoms with Gasteiger partial charge in [0.15, 0.2) is 0 Å². The van der Waals surface area contributed by atoms with Gasteiger partial charge in [0, 0.05) is 6.54 Å². The predicted octanol–water partition coefficient (Wildman–Crippen LogP) is 6.48. The molecule has 4 aromatic carbocycles. The van der Waals surface area contributed by atoms with E-state index in [4.69, 9.17) is 14.5 Å². The Labute approximate surface area is 246 Å². The number of fused-ring (bicyclic) bond motifs is 1. The molecule has 0 radical (unpaired) electrons. The molecule has 0 fully saturated rings. The number of carbonyl (C=O) groups is 1. The van der Waals surface area contributed by atoms with Crippen molar-refractivity contribution in [1.29, 1.82) is 0 Å². The fourth-order valence-electron chi connectivity index (χ4n) is 5.09. The van der Waals surface area contributed by atoms with Gasteiger partial charge in [-0.3, -0.25) is 14.2 Å². The van der Waals surface area contributed by atoms with Gasteiger partial charge in [0.05, 0.1) is 35.8 Å². The highest BCUT2D eigenvalue weighted by Gasteiger charge is 2.29. The molecule has 1 heterocycles. The number of nitrogens with zero attached hydrogens (tertiary/aromatic N) is 3. The quantitative estimate of drug-likeness (QED) is 0.174. The van der Waals surface area contributed by atoms with Gasteiger partial charge in [-0.15, -0.1) is 0 Å². The van der Waals surface area contributed by atoms with Gasteiger partial charge in [-0.05, 0) is 60.9 Å². The van der Waals surface area contributed by atoms with Gasteiger partial charge < -0.3 is 14.4 Å². The van der Waals surface area contributed by atoms with Crippen LogP contribution in [0.15, 0.2) is 114 Å². The van der Waals surface area contributed by atoms with Crippen molar-refractivity contribution in [2.75, 3.05) is 13.2 Å². The third kappa shape index (κ3) is 6.58. The summed E-state index contributed by atoms with van der Waals surface area (Å²) in [6, 6.07) is 33.8. The molecular formula is C35H35N3O4. The Balaban J connectivity index is 1.57. The molecule has 0 aliphatic rings. The topological polar surface area (TPSA) is 73.7 Å². The van der Waals surface area contributed by atoms with E-state index in [-0.39, 0.29) is 18.1 Å². The van der Waals surface area contributed by atoms with Gasteiger partial charge in [0.25, 0.3) is 5.56 Å². The van der Waals surface area contributed by atoms with Crippen molar-refractivity contribution >= 4 is 16.8 Å². The van der Waals surface area contributed by atoms with Crippen LogP contribution in [0.4, 0.5) is 0 Å². The van der Waals surface area contributed by atoms with Crippen LogP contribution in [0.1, 0.15) is 43.3 Å². The molecule has 0 saturated heterocycles. The van der Waals surface area contributed by atoms with E-state index in [9.17, 15) is 9.59 Å². The number of hydrogen-bond acceptors (Lipinski definition) is 5. The van der Waals surface area contributed by atoms with Gasteiger partial charge in [0.2, 0.25) is 5.91 Å². The molecule has 1 unspecified atom stereocenters. The average molecular weight is 562 g/mol.